The third kappa shape index (κ3) is 4.75. The van der Waals surface area contributed by atoms with E-state index in [9.17, 15) is 16.8 Å². The summed E-state index contributed by atoms with van der Waals surface area (Å²) in [5, 5.41) is 5.04. The number of rotatable bonds is 7. The molecule has 0 aliphatic rings. The number of sulfonamides is 2. The Hall–Kier alpha value is -1.16. The molecule has 0 heterocycles. The Labute approximate surface area is 119 Å². The SMILES string of the molecule is CCCS(=O)(=O)NCc1cc(S(N)(=O)=O)ccc1OC. The standard InChI is InChI=1S/C11H18N2O5S2/c1-3-6-19(14,15)13-8-9-7-10(20(12,16)17)4-5-11(9)18-2/h4-5,7,13H,3,6,8H2,1-2H3,(H2,12,16,17). The molecular formula is C11H18N2O5S2. The summed E-state index contributed by atoms with van der Waals surface area (Å²) in [6, 6.07) is 4.03. The molecule has 0 aliphatic heterocycles. The van der Waals surface area contributed by atoms with Gasteiger partial charge in [0.25, 0.3) is 0 Å². The van der Waals surface area contributed by atoms with Gasteiger partial charge in [0, 0.05) is 12.1 Å². The van der Waals surface area contributed by atoms with Crippen molar-refractivity contribution >= 4 is 20.0 Å². The lowest BCUT2D eigenvalue weighted by molar-refractivity contribution is 0.408. The summed E-state index contributed by atoms with van der Waals surface area (Å²) >= 11 is 0. The van der Waals surface area contributed by atoms with Crippen LogP contribution in [0.2, 0.25) is 0 Å². The topological polar surface area (TPSA) is 116 Å². The quantitative estimate of drug-likeness (QED) is 0.742. The molecular weight excluding hydrogens is 304 g/mol. The van der Waals surface area contributed by atoms with Crippen LogP contribution in [0.15, 0.2) is 23.1 Å². The molecule has 1 aromatic rings. The van der Waals surface area contributed by atoms with Gasteiger partial charge in [-0.1, -0.05) is 6.92 Å². The summed E-state index contributed by atoms with van der Waals surface area (Å²) in [6.07, 6.45) is 0.490. The molecule has 0 saturated heterocycles. The predicted octanol–water partition coefficient (Wildman–Crippen LogP) is 0.172. The zero-order valence-corrected chi connectivity index (χ0v) is 12.9. The van der Waals surface area contributed by atoms with Crippen LogP contribution in [-0.2, 0) is 26.6 Å². The maximum atomic E-state index is 11.6. The van der Waals surface area contributed by atoms with Crippen LogP contribution in [0.4, 0.5) is 0 Å². The predicted molar refractivity (Wildman–Crippen MR) is 75.3 cm³/mol. The molecule has 1 aromatic carbocycles. The fraction of sp³-hybridized carbons (Fsp3) is 0.455. The molecule has 0 amide bonds. The van der Waals surface area contributed by atoms with E-state index in [1.54, 1.807) is 6.92 Å². The van der Waals surface area contributed by atoms with Crippen molar-refractivity contribution in [3.63, 3.8) is 0 Å². The van der Waals surface area contributed by atoms with Gasteiger partial charge in [0.2, 0.25) is 20.0 Å². The second-order valence-electron chi connectivity index (χ2n) is 4.16. The van der Waals surface area contributed by atoms with Crippen LogP contribution in [0.1, 0.15) is 18.9 Å². The number of hydrogen-bond acceptors (Lipinski definition) is 5. The number of methoxy groups -OCH3 is 1. The highest BCUT2D eigenvalue weighted by molar-refractivity contribution is 7.89. The van der Waals surface area contributed by atoms with E-state index < -0.39 is 20.0 Å². The fourth-order valence-electron chi connectivity index (χ4n) is 1.60. The Kier molecular flexibility index (Phi) is 5.51. The van der Waals surface area contributed by atoms with Crippen molar-refractivity contribution in [2.75, 3.05) is 12.9 Å². The molecule has 0 saturated carbocycles. The monoisotopic (exact) mass is 322 g/mol. The Bertz CT molecular complexity index is 668. The zero-order chi connectivity index (χ0) is 15.4. The smallest absolute Gasteiger partial charge is 0.238 e. The maximum absolute atomic E-state index is 11.6. The van der Waals surface area contributed by atoms with Gasteiger partial charge in [0.1, 0.15) is 5.75 Å². The van der Waals surface area contributed by atoms with Crippen molar-refractivity contribution in [3.05, 3.63) is 23.8 Å². The van der Waals surface area contributed by atoms with Crippen molar-refractivity contribution in [1.82, 2.24) is 4.72 Å². The van der Waals surface area contributed by atoms with E-state index in [2.05, 4.69) is 4.72 Å². The molecule has 0 aromatic heterocycles. The van der Waals surface area contributed by atoms with Gasteiger partial charge < -0.3 is 4.74 Å². The van der Waals surface area contributed by atoms with Gasteiger partial charge >= 0.3 is 0 Å². The lowest BCUT2D eigenvalue weighted by Crippen LogP contribution is -2.26. The molecule has 3 N–H and O–H groups in total. The maximum Gasteiger partial charge on any atom is 0.238 e. The van der Waals surface area contributed by atoms with Crippen molar-refractivity contribution in [1.29, 1.82) is 0 Å². The molecule has 0 spiro atoms. The van der Waals surface area contributed by atoms with Gasteiger partial charge in [-0.25, -0.2) is 26.7 Å². The van der Waals surface area contributed by atoms with E-state index >= 15 is 0 Å². The second kappa shape index (κ2) is 6.53. The van der Waals surface area contributed by atoms with Gasteiger partial charge in [-0.2, -0.15) is 0 Å². The second-order valence-corrected chi connectivity index (χ2v) is 7.65. The lowest BCUT2D eigenvalue weighted by atomic mass is 10.2. The first-order valence-corrected chi connectivity index (χ1v) is 9.06. The van der Waals surface area contributed by atoms with E-state index in [0.717, 1.165) is 0 Å². The van der Waals surface area contributed by atoms with Crippen LogP contribution < -0.4 is 14.6 Å². The molecule has 114 valence electrons. The average molecular weight is 322 g/mol. The summed E-state index contributed by atoms with van der Waals surface area (Å²) in [7, 11) is -5.82. The van der Waals surface area contributed by atoms with Gasteiger partial charge in [0.15, 0.2) is 0 Å². The van der Waals surface area contributed by atoms with Crippen molar-refractivity contribution < 1.29 is 21.6 Å². The van der Waals surface area contributed by atoms with Crippen LogP contribution in [0.5, 0.6) is 5.75 Å². The summed E-state index contributed by atoms with van der Waals surface area (Å²) in [4.78, 5) is -0.0945. The van der Waals surface area contributed by atoms with Crippen LogP contribution >= 0.6 is 0 Å². The van der Waals surface area contributed by atoms with E-state index in [4.69, 9.17) is 9.88 Å². The van der Waals surface area contributed by atoms with E-state index in [0.29, 0.717) is 17.7 Å². The Morgan fingerprint density at radius 2 is 1.90 bits per heavy atom. The molecule has 7 nitrogen and oxygen atoms in total. The van der Waals surface area contributed by atoms with Crippen molar-refractivity contribution in [2.24, 2.45) is 5.14 Å². The van der Waals surface area contributed by atoms with Crippen LogP contribution in [0, 0.1) is 0 Å². The molecule has 0 fully saturated rings. The van der Waals surface area contributed by atoms with Gasteiger partial charge in [-0.15, -0.1) is 0 Å². The van der Waals surface area contributed by atoms with Crippen molar-refractivity contribution in [3.8, 4) is 5.75 Å². The zero-order valence-electron chi connectivity index (χ0n) is 11.3. The minimum absolute atomic E-state index is 0.00416. The van der Waals surface area contributed by atoms with Crippen LogP contribution in [0.25, 0.3) is 0 Å². The summed E-state index contributed by atoms with van der Waals surface area (Å²) in [5.41, 5.74) is 0.402. The molecule has 0 aliphatic carbocycles. The fourth-order valence-corrected chi connectivity index (χ4v) is 3.22. The Balaban J connectivity index is 3.04. The number of nitrogens with one attached hydrogen (secondary N) is 1. The van der Waals surface area contributed by atoms with Gasteiger partial charge in [-0.05, 0) is 24.6 Å². The number of benzene rings is 1. The van der Waals surface area contributed by atoms with Crippen LogP contribution in [-0.4, -0.2) is 29.7 Å². The third-order valence-electron chi connectivity index (χ3n) is 2.54. The van der Waals surface area contributed by atoms with E-state index in [1.165, 1.54) is 25.3 Å². The molecule has 1 rings (SSSR count). The number of hydrogen-bond donors (Lipinski definition) is 2. The third-order valence-corrected chi connectivity index (χ3v) is 4.98. The number of primary sulfonamides is 1. The lowest BCUT2D eigenvalue weighted by Gasteiger charge is -2.11. The van der Waals surface area contributed by atoms with Crippen LogP contribution in [0.3, 0.4) is 0 Å². The summed E-state index contributed by atoms with van der Waals surface area (Å²) in [5.74, 6) is 0.390. The van der Waals surface area contributed by atoms with E-state index in [1.807, 2.05) is 0 Å². The molecule has 9 heteroatoms. The first kappa shape index (κ1) is 16.9. The highest BCUT2D eigenvalue weighted by Gasteiger charge is 2.14. The van der Waals surface area contributed by atoms with Gasteiger partial charge in [-0.3, -0.25) is 0 Å². The molecule has 20 heavy (non-hydrogen) atoms. The summed E-state index contributed by atoms with van der Waals surface area (Å²) in [6.45, 7) is 1.69. The molecule has 0 bridgehead atoms. The molecule has 0 radical (unpaired) electrons. The average Bonchev–Trinajstić information content (AvgIpc) is 2.35. The Morgan fingerprint density at radius 3 is 2.40 bits per heavy atom. The minimum atomic E-state index is -3.85. The normalized spacial score (nSPS) is 12.3. The minimum Gasteiger partial charge on any atom is -0.496 e. The Morgan fingerprint density at radius 1 is 1.25 bits per heavy atom. The highest BCUT2D eigenvalue weighted by atomic mass is 32.2. The van der Waals surface area contributed by atoms with E-state index in [-0.39, 0.29) is 17.2 Å². The number of nitrogens with two attached hydrogens (primary N) is 1. The molecule has 0 atom stereocenters. The molecule has 0 unspecified atom stereocenters. The largest absolute Gasteiger partial charge is 0.496 e. The number of ether oxygens (including phenoxy) is 1. The highest BCUT2D eigenvalue weighted by Crippen LogP contribution is 2.22. The van der Waals surface area contributed by atoms with Gasteiger partial charge in [0.05, 0.1) is 17.8 Å². The van der Waals surface area contributed by atoms with Crippen molar-refractivity contribution in [2.45, 2.75) is 24.8 Å². The summed E-state index contributed by atoms with van der Waals surface area (Å²) < 4.78 is 53.2. The first-order valence-electron chi connectivity index (χ1n) is 5.86. The first-order chi connectivity index (χ1) is 9.19.